The molecule has 0 radical (unpaired) electrons. The summed E-state index contributed by atoms with van der Waals surface area (Å²) in [7, 11) is 0. The first kappa shape index (κ1) is 26.6. The fourth-order valence-electron chi connectivity index (χ4n) is 2.35. The Morgan fingerprint density at radius 1 is 0.773 bits per heavy atom. The quantitative estimate of drug-likeness (QED) is 0.223. The largest absolute Gasteiger partial charge is 2.00 e. The van der Waals surface area contributed by atoms with Crippen molar-refractivity contribution in [2.75, 3.05) is 0 Å². The molecule has 1 N–H and O–H groups in total. The van der Waals surface area contributed by atoms with Gasteiger partial charge >= 0.3 is 23.0 Å². The second-order valence-corrected chi connectivity index (χ2v) is 5.73. The van der Waals surface area contributed by atoms with Gasteiger partial charge in [0.05, 0.1) is 0 Å². The molecular formula is C18H34FeO3. The van der Waals surface area contributed by atoms with Crippen LogP contribution in [0.3, 0.4) is 0 Å². The van der Waals surface area contributed by atoms with Crippen molar-refractivity contribution in [3.8, 4) is 0 Å². The van der Waals surface area contributed by atoms with Gasteiger partial charge in [0.25, 0.3) is 0 Å². The number of unbranched alkanes of at least 4 members (excludes halogenated alkanes) is 11. The molecule has 0 aliphatic heterocycles. The number of carbonyl (C=O) groups is 1. The Labute approximate surface area is 147 Å². The van der Waals surface area contributed by atoms with Crippen LogP contribution in [0.4, 0.5) is 0 Å². The minimum Gasteiger partial charge on any atom is -2.00 e. The number of allylic oxidation sites excluding steroid dienone is 2. The molecule has 0 aromatic carbocycles. The summed E-state index contributed by atoms with van der Waals surface area (Å²) in [5, 5.41) is 8.51. The van der Waals surface area contributed by atoms with Gasteiger partial charge in [0, 0.05) is 6.42 Å². The van der Waals surface area contributed by atoms with Gasteiger partial charge in [-0.05, 0) is 32.1 Å². The second kappa shape index (κ2) is 23.0. The molecule has 0 heterocycles. The van der Waals surface area contributed by atoms with Crippen LogP contribution in [0.15, 0.2) is 12.2 Å². The molecule has 0 atom stereocenters. The first-order valence-electron chi connectivity index (χ1n) is 8.64. The molecule has 0 spiro atoms. The predicted octanol–water partition coefficient (Wildman–Crippen LogP) is 5.99. The zero-order valence-electron chi connectivity index (χ0n) is 14.2. The van der Waals surface area contributed by atoms with Crippen LogP contribution in [0.2, 0.25) is 0 Å². The van der Waals surface area contributed by atoms with Crippen molar-refractivity contribution in [2.24, 2.45) is 0 Å². The van der Waals surface area contributed by atoms with Gasteiger partial charge in [-0.1, -0.05) is 70.4 Å². The minimum atomic E-state index is -0.664. The summed E-state index contributed by atoms with van der Waals surface area (Å²) >= 11 is 0. The van der Waals surface area contributed by atoms with Crippen LogP contribution in [0.25, 0.3) is 0 Å². The number of carboxylic acids is 1. The van der Waals surface area contributed by atoms with Gasteiger partial charge in [-0.25, -0.2) is 0 Å². The Morgan fingerprint density at radius 3 is 1.64 bits per heavy atom. The van der Waals surface area contributed by atoms with E-state index in [1.54, 1.807) is 0 Å². The molecule has 0 amide bonds. The van der Waals surface area contributed by atoms with E-state index in [9.17, 15) is 4.79 Å². The molecule has 0 aromatic rings. The Hall–Kier alpha value is -0.311. The maximum Gasteiger partial charge on any atom is 2.00 e. The Balaban J connectivity index is -0.00000180. The van der Waals surface area contributed by atoms with E-state index in [1.807, 2.05) is 0 Å². The van der Waals surface area contributed by atoms with Crippen LogP contribution in [0.5, 0.6) is 0 Å². The molecule has 0 aliphatic carbocycles. The molecule has 0 aliphatic rings. The van der Waals surface area contributed by atoms with E-state index in [0.29, 0.717) is 6.42 Å². The van der Waals surface area contributed by atoms with Crippen molar-refractivity contribution in [1.29, 1.82) is 0 Å². The summed E-state index contributed by atoms with van der Waals surface area (Å²) in [6.45, 7) is 2.26. The van der Waals surface area contributed by atoms with Gasteiger partial charge in [-0.3, -0.25) is 4.79 Å². The third-order valence-electron chi connectivity index (χ3n) is 3.65. The molecule has 0 rings (SSSR count). The number of carboxylic acid groups (broad SMARTS) is 1. The monoisotopic (exact) mass is 354 g/mol. The summed E-state index contributed by atoms with van der Waals surface area (Å²) in [4.78, 5) is 10.3. The first-order chi connectivity index (χ1) is 9.77. The summed E-state index contributed by atoms with van der Waals surface area (Å²) in [5.41, 5.74) is 0. The van der Waals surface area contributed by atoms with Crippen LogP contribution in [-0.4, -0.2) is 11.1 Å². The van der Waals surface area contributed by atoms with Crippen molar-refractivity contribution in [3.63, 3.8) is 0 Å². The summed E-state index contributed by atoms with van der Waals surface area (Å²) in [6, 6.07) is 0. The maximum atomic E-state index is 10.3. The summed E-state index contributed by atoms with van der Waals surface area (Å²) in [5.74, 6) is -0.664. The maximum absolute atomic E-state index is 10.3. The van der Waals surface area contributed by atoms with Crippen LogP contribution in [-0.2, 0) is 27.3 Å². The van der Waals surface area contributed by atoms with Gasteiger partial charge < -0.3 is 10.6 Å². The third kappa shape index (κ3) is 24.7. The Morgan fingerprint density at radius 2 is 1.18 bits per heavy atom. The number of hydrogen-bond donors (Lipinski definition) is 1. The Kier molecular flexibility index (Phi) is 27.7. The van der Waals surface area contributed by atoms with Crippen LogP contribution < -0.4 is 0 Å². The topological polar surface area (TPSA) is 65.8 Å². The predicted molar refractivity (Wildman–Crippen MR) is 87.8 cm³/mol. The standard InChI is InChI=1S/C18H34O2.Fe.O/c1-2-3-4-5-6-7-8-9-10-11-12-13-14-15-16-17-18(19)20;;/h9-10H,2-8,11-17H2,1H3,(H,19,20);;/q;+2;-2. The van der Waals surface area contributed by atoms with Crippen molar-refractivity contribution in [2.45, 2.75) is 96.8 Å². The first-order valence-corrected chi connectivity index (χ1v) is 8.64. The number of aliphatic carboxylic acids is 1. The zero-order chi connectivity index (χ0) is 14.9. The molecule has 3 nitrogen and oxygen atoms in total. The third-order valence-corrected chi connectivity index (χ3v) is 3.65. The van der Waals surface area contributed by atoms with E-state index < -0.39 is 5.97 Å². The van der Waals surface area contributed by atoms with Crippen molar-refractivity contribution < 1.29 is 32.4 Å². The average Bonchev–Trinajstić information content (AvgIpc) is 2.43. The molecule has 4 heteroatoms. The fraction of sp³-hybridized carbons (Fsp3) is 0.833. The normalized spacial score (nSPS) is 10.2. The summed E-state index contributed by atoms with van der Waals surface area (Å²) < 4.78 is 0. The van der Waals surface area contributed by atoms with E-state index in [1.165, 1.54) is 70.6 Å². The van der Waals surface area contributed by atoms with Gasteiger partial charge in [0.2, 0.25) is 0 Å². The van der Waals surface area contributed by atoms with Gasteiger partial charge in [0.15, 0.2) is 0 Å². The van der Waals surface area contributed by atoms with E-state index in [4.69, 9.17) is 5.11 Å². The molecular weight excluding hydrogens is 320 g/mol. The smallest absolute Gasteiger partial charge is 2.00 e. The minimum absolute atomic E-state index is 0. The fourth-order valence-corrected chi connectivity index (χ4v) is 2.35. The van der Waals surface area contributed by atoms with Gasteiger partial charge in [-0.15, -0.1) is 0 Å². The van der Waals surface area contributed by atoms with Crippen LogP contribution in [0, 0.1) is 0 Å². The Bertz CT molecular complexity index is 242. The van der Waals surface area contributed by atoms with Gasteiger partial charge in [0.1, 0.15) is 0 Å². The molecule has 0 fully saturated rings. The molecule has 0 bridgehead atoms. The second-order valence-electron chi connectivity index (χ2n) is 5.73. The van der Waals surface area contributed by atoms with E-state index in [2.05, 4.69) is 19.1 Å². The molecule has 0 saturated carbocycles. The molecule has 132 valence electrons. The van der Waals surface area contributed by atoms with E-state index >= 15 is 0 Å². The van der Waals surface area contributed by atoms with Crippen LogP contribution in [0.1, 0.15) is 96.8 Å². The zero-order valence-corrected chi connectivity index (χ0v) is 15.3. The van der Waals surface area contributed by atoms with Crippen molar-refractivity contribution >= 4 is 5.97 Å². The van der Waals surface area contributed by atoms with E-state index in [0.717, 1.165) is 12.8 Å². The van der Waals surface area contributed by atoms with Crippen molar-refractivity contribution in [3.05, 3.63) is 12.2 Å². The molecule has 0 saturated heterocycles. The molecule has 0 unspecified atom stereocenters. The molecule has 0 aromatic heterocycles. The van der Waals surface area contributed by atoms with Gasteiger partial charge in [-0.2, -0.15) is 0 Å². The number of rotatable bonds is 15. The number of hydrogen-bond acceptors (Lipinski definition) is 1. The van der Waals surface area contributed by atoms with Crippen LogP contribution >= 0.6 is 0 Å². The summed E-state index contributed by atoms with van der Waals surface area (Å²) in [6.07, 6.45) is 21.2. The molecule has 22 heavy (non-hydrogen) atoms. The SMILES string of the molecule is CCCCCCCCC=CCCCCCCCC(=O)O.[Fe+2].[O-2]. The van der Waals surface area contributed by atoms with E-state index in [-0.39, 0.29) is 22.5 Å². The van der Waals surface area contributed by atoms with Crippen molar-refractivity contribution in [1.82, 2.24) is 0 Å². The average molecular weight is 354 g/mol.